The molecule has 2 rings (SSSR count). The van der Waals surface area contributed by atoms with Gasteiger partial charge in [0.05, 0.1) is 0 Å². The number of amides is 1. The first-order valence-corrected chi connectivity index (χ1v) is 7.88. The second kappa shape index (κ2) is 7.52. The molecule has 1 amide bonds. The number of ether oxygens (including phenoxy) is 1. The zero-order valence-corrected chi connectivity index (χ0v) is 12.5. The molecule has 6 heteroatoms. The second-order valence-corrected chi connectivity index (χ2v) is 5.99. The number of nitrogens with two attached hydrogens (primary N) is 1. The molecule has 0 spiro atoms. The summed E-state index contributed by atoms with van der Waals surface area (Å²) in [6.45, 7) is 1.57. The molecule has 0 bridgehead atoms. The molecular formula is C14H21N3O2S. The third-order valence-corrected chi connectivity index (χ3v) is 4.63. The Morgan fingerprint density at radius 2 is 2.25 bits per heavy atom. The first kappa shape index (κ1) is 15.2. The molecule has 110 valence electrons. The Balaban J connectivity index is 1.75. The van der Waals surface area contributed by atoms with E-state index in [0.717, 1.165) is 12.3 Å². The molecule has 5 nitrogen and oxygen atoms in total. The van der Waals surface area contributed by atoms with Crippen molar-refractivity contribution >= 4 is 17.7 Å². The van der Waals surface area contributed by atoms with Crippen LogP contribution in [0.4, 0.5) is 0 Å². The van der Waals surface area contributed by atoms with Crippen molar-refractivity contribution in [2.45, 2.75) is 12.5 Å². The quantitative estimate of drug-likeness (QED) is 0.467. The smallest absolute Gasteiger partial charge is 0.265 e. The zero-order valence-electron chi connectivity index (χ0n) is 11.7. The molecule has 1 unspecified atom stereocenters. The molecule has 20 heavy (non-hydrogen) atoms. The fraction of sp³-hybridized carbons (Fsp3) is 0.500. The van der Waals surface area contributed by atoms with Crippen molar-refractivity contribution in [3.05, 3.63) is 29.8 Å². The van der Waals surface area contributed by atoms with Crippen LogP contribution in [0.5, 0.6) is 5.75 Å². The lowest BCUT2D eigenvalue weighted by atomic mass is 10.2. The number of nitrogens with one attached hydrogen (secondary N) is 1. The second-order valence-electron chi connectivity index (χ2n) is 4.84. The van der Waals surface area contributed by atoms with Crippen molar-refractivity contribution in [2.75, 3.05) is 31.7 Å². The van der Waals surface area contributed by atoms with Crippen LogP contribution in [0.15, 0.2) is 24.3 Å². The lowest BCUT2D eigenvalue weighted by Gasteiger charge is -2.23. The van der Waals surface area contributed by atoms with E-state index in [0.29, 0.717) is 18.2 Å². The number of nitrogens with zero attached hydrogens (tertiary/aromatic N) is 1. The molecule has 1 aliphatic heterocycles. The van der Waals surface area contributed by atoms with E-state index in [2.05, 4.69) is 17.4 Å². The minimum Gasteiger partial charge on any atom is -0.492 e. The van der Waals surface area contributed by atoms with Crippen LogP contribution < -0.4 is 16.0 Å². The molecule has 0 saturated carbocycles. The molecule has 1 fully saturated rings. The van der Waals surface area contributed by atoms with Gasteiger partial charge in [0.25, 0.3) is 5.91 Å². The minimum absolute atomic E-state index is 0.296. The van der Waals surface area contributed by atoms with Crippen LogP contribution in [0.25, 0.3) is 0 Å². The average molecular weight is 295 g/mol. The largest absolute Gasteiger partial charge is 0.492 e. The van der Waals surface area contributed by atoms with Gasteiger partial charge in [0, 0.05) is 23.9 Å². The van der Waals surface area contributed by atoms with Crippen LogP contribution in [0.1, 0.15) is 16.8 Å². The van der Waals surface area contributed by atoms with Gasteiger partial charge in [-0.1, -0.05) is 0 Å². The van der Waals surface area contributed by atoms with E-state index in [-0.39, 0.29) is 5.91 Å². The molecule has 1 heterocycles. The van der Waals surface area contributed by atoms with E-state index < -0.39 is 0 Å². The molecule has 0 radical (unpaired) electrons. The average Bonchev–Trinajstić information content (AvgIpc) is 3.01. The number of nitrogen functional groups attached to an aromatic ring is 1. The van der Waals surface area contributed by atoms with Gasteiger partial charge in [-0.3, -0.25) is 15.1 Å². The van der Waals surface area contributed by atoms with Crippen molar-refractivity contribution < 1.29 is 9.53 Å². The highest BCUT2D eigenvalue weighted by Crippen LogP contribution is 2.21. The Morgan fingerprint density at radius 3 is 2.85 bits per heavy atom. The summed E-state index contributed by atoms with van der Waals surface area (Å²) in [7, 11) is 2.15. The molecule has 1 saturated heterocycles. The van der Waals surface area contributed by atoms with E-state index in [1.165, 1.54) is 17.9 Å². The Labute approximate surface area is 123 Å². The fourth-order valence-electron chi connectivity index (χ4n) is 2.15. The van der Waals surface area contributed by atoms with E-state index in [9.17, 15) is 4.79 Å². The van der Waals surface area contributed by atoms with Crippen LogP contribution in [-0.2, 0) is 0 Å². The van der Waals surface area contributed by atoms with Crippen molar-refractivity contribution in [3.63, 3.8) is 0 Å². The Bertz CT molecular complexity index is 433. The van der Waals surface area contributed by atoms with Gasteiger partial charge in [-0.25, -0.2) is 5.84 Å². The van der Waals surface area contributed by atoms with Gasteiger partial charge in [0.1, 0.15) is 12.4 Å². The summed E-state index contributed by atoms with van der Waals surface area (Å²) in [6, 6.07) is 7.66. The molecule has 0 aliphatic carbocycles. The highest BCUT2D eigenvalue weighted by molar-refractivity contribution is 7.99. The summed E-state index contributed by atoms with van der Waals surface area (Å²) in [5.74, 6) is 8.04. The molecule has 1 atom stereocenters. The van der Waals surface area contributed by atoms with Crippen molar-refractivity contribution in [1.82, 2.24) is 10.3 Å². The van der Waals surface area contributed by atoms with E-state index in [1.54, 1.807) is 24.3 Å². The summed E-state index contributed by atoms with van der Waals surface area (Å²) < 4.78 is 5.69. The number of benzene rings is 1. The fourth-order valence-corrected chi connectivity index (χ4v) is 3.44. The van der Waals surface area contributed by atoms with Gasteiger partial charge in [0.2, 0.25) is 0 Å². The number of rotatable bonds is 6. The van der Waals surface area contributed by atoms with E-state index >= 15 is 0 Å². The summed E-state index contributed by atoms with van der Waals surface area (Å²) in [4.78, 5) is 13.6. The maximum Gasteiger partial charge on any atom is 0.265 e. The normalized spacial score (nSPS) is 18.2. The topological polar surface area (TPSA) is 67.6 Å². The van der Waals surface area contributed by atoms with Crippen LogP contribution in [0.3, 0.4) is 0 Å². The van der Waals surface area contributed by atoms with E-state index in [4.69, 9.17) is 10.6 Å². The van der Waals surface area contributed by atoms with Gasteiger partial charge in [0.15, 0.2) is 0 Å². The van der Waals surface area contributed by atoms with Gasteiger partial charge < -0.3 is 4.74 Å². The number of likely N-dealkylation sites (N-methyl/N-ethyl adjacent to an activating group) is 1. The maximum absolute atomic E-state index is 11.3. The number of carbonyl (C=O) groups excluding carboxylic acids is 1. The SMILES string of the molecule is CN(CCOc1ccc(C(=O)NN)cc1)C1CCSC1. The number of thioether (sulfide) groups is 1. The van der Waals surface area contributed by atoms with Gasteiger partial charge in [-0.15, -0.1) is 0 Å². The van der Waals surface area contributed by atoms with Crippen LogP contribution in [0, 0.1) is 0 Å². The lowest BCUT2D eigenvalue weighted by molar-refractivity contribution is 0.0953. The highest BCUT2D eigenvalue weighted by Gasteiger charge is 2.19. The van der Waals surface area contributed by atoms with Crippen molar-refractivity contribution in [3.8, 4) is 5.75 Å². The first-order valence-electron chi connectivity index (χ1n) is 6.72. The number of hydrazine groups is 1. The molecule has 1 aromatic carbocycles. The summed E-state index contributed by atoms with van der Waals surface area (Å²) in [5, 5.41) is 0. The maximum atomic E-state index is 11.3. The van der Waals surface area contributed by atoms with Gasteiger partial charge in [-0.2, -0.15) is 11.8 Å². The third-order valence-electron chi connectivity index (χ3n) is 3.49. The Morgan fingerprint density at radius 1 is 1.50 bits per heavy atom. The summed E-state index contributed by atoms with van der Waals surface area (Å²) >= 11 is 2.02. The molecule has 1 aliphatic rings. The number of hydrogen-bond acceptors (Lipinski definition) is 5. The number of carbonyl (C=O) groups is 1. The van der Waals surface area contributed by atoms with E-state index in [1.807, 2.05) is 11.8 Å². The van der Waals surface area contributed by atoms with Crippen molar-refractivity contribution in [2.24, 2.45) is 5.84 Å². The number of hydrogen-bond donors (Lipinski definition) is 2. The summed E-state index contributed by atoms with van der Waals surface area (Å²) in [5.41, 5.74) is 2.63. The van der Waals surface area contributed by atoms with Gasteiger partial charge >= 0.3 is 0 Å². The molecule has 3 N–H and O–H groups in total. The molecular weight excluding hydrogens is 274 g/mol. The predicted octanol–water partition coefficient (Wildman–Crippen LogP) is 1.11. The van der Waals surface area contributed by atoms with Crippen LogP contribution in [-0.4, -0.2) is 48.6 Å². The van der Waals surface area contributed by atoms with Gasteiger partial charge in [-0.05, 0) is 43.5 Å². The van der Waals surface area contributed by atoms with Crippen molar-refractivity contribution in [1.29, 1.82) is 0 Å². The van der Waals surface area contributed by atoms with Crippen LogP contribution >= 0.6 is 11.8 Å². The minimum atomic E-state index is -0.296. The zero-order chi connectivity index (χ0) is 14.4. The predicted molar refractivity (Wildman–Crippen MR) is 82.0 cm³/mol. The molecule has 0 aromatic heterocycles. The summed E-state index contributed by atoms with van der Waals surface area (Å²) in [6.07, 6.45) is 1.27. The Hall–Kier alpha value is -1.24. The monoisotopic (exact) mass is 295 g/mol. The third kappa shape index (κ3) is 4.13. The molecule has 1 aromatic rings. The standard InChI is InChI=1S/C14H21N3O2S/c1-17(12-6-9-20-10-12)7-8-19-13-4-2-11(3-5-13)14(18)16-15/h2-5,12H,6-10,15H2,1H3,(H,16,18). The first-order chi connectivity index (χ1) is 9.70. The highest BCUT2D eigenvalue weighted by atomic mass is 32.2. The lowest BCUT2D eigenvalue weighted by Crippen LogP contribution is -2.34. The Kier molecular flexibility index (Phi) is 5.70. The van der Waals surface area contributed by atoms with Crippen LogP contribution in [0.2, 0.25) is 0 Å².